The van der Waals surface area contributed by atoms with E-state index in [0.29, 0.717) is 18.0 Å². The highest BCUT2D eigenvalue weighted by Crippen LogP contribution is 2.34. The Morgan fingerprint density at radius 3 is 2.72 bits per heavy atom. The molecule has 1 aliphatic rings. The highest BCUT2D eigenvalue weighted by molar-refractivity contribution is 7.92. The van der Waals surface area contributed by atoms with E-state index in [-0.39, 0.29) is 12.5 Å². The average molecular weight is 360 g/mol. The minimum absolute atomic E-state index is 0.0461. The molecule has 2 aromatic carbocycles. The van der Waals surface area contributed by atoms with Gasteiger partial charge in [-0.3, -0.25) is 9.10 Å². The highest BCUT2D eigenvalue weighted by Gasteiger charge is 2.34. The molecule has 0 aromatic heterocycles. The van der Waals surface area contributed by atoms with Gasteiger partial charge in [0, 0.05) is 6.54 Å². The summed E-state index contributed by atoms with van der Waals surface area (Å²) in [6, 6.07) is 14.6. The Balaban J connectivity index is 1.76. The first-order valence-corrected chi connectivity index (χ1v) is 9.76. The lowest BCUT2D eigenvalue weighted by Gasteiger charge is -2.33. The number of rotatable bonds is 4. The summed E-state index contributed by atoms with van der Waals surface area (Å²) in [4.78, 5) is 12.5. The predicted octanol–water partition coefficient (Wildman–Crippen LogP) is 1.84. The van der Waals surface area contributed by atoms with Crippen molar-refractivity contribution in [3.8, 4) is 5.75 Å². The second-order valence-corrected chi connectivity index (χ2v) is 7.98. The monoisotopic (exact) mass is 360 g/mol. The number of nitrogens with zero attached hydrogens (tertiary/aromatic N) is 1. The Morgan fingerprint density at radius 2 is 2.00 bits per heavy atom. The molecule has 1 heterocycles. The molecule has 1 N–H and O–H groups in total. The van der Waals surface area contributed by atoms with Crippen molar-refractivity contribution >= 4 is 21.6 Å². The van der Waals surface area contributed by atoms with Gasteiger partial charge in [-0.15, -0.1) is 0 Å². The van der Waals surface area contributed by atoms with Crippen LogP contribution >= 0.6 is 0 Å². The van der Waals surface area contributed by atoms with E-state index in [1.54, 1.807) is 24.3 Å². The summed E-state index contributed by atoms with van der Waals surface area (Å²) in [5.41, 5.74) is 2.54. The quantitative estimate of drug-likeness (QED) is 0.903. The summed E-state index contributed by atoms with van der Waals surface area (Å²) in [5.74, 6) is 0.0412. The summed E-state index contributed by atoms with van der Waals surface area (Å²) < 4.78 is 31.1. The molecule has 0 saturated carbocycles. The van der Waals surface area contributed by atoms with Crippen LogP contribution in [0, 0.1) is 6.92 Å². The van der Waals surface area contributed by atoms with Crippen molar-refractivity contribution in [3.05, 3.63) is 59.7 Å². The van der Waals surface area contributed by atoms with Crippen molar-refractivity contribution in [2.45, 2.75) is 19.6 Å². The fourth-order valence-corrected chi connectivity index (χ4v) is 3.69. The maximum Gasteiger partial charge on any atom is 0.263 e. The zero-order valence-corrected chi connectivity index (χ0v) is 14.9. The maximum absolute atomic E-state index is 12.5. The topological polar surface area (TPSA) is 75.7 Å². The number of para-hydroxylation sites is 2. The van der Waals surface area contributed by atoms with Gasteiger partial charge in [0.15, 0.2) is 6.10 Å². The number of benzene rings is 2. The molecule has 6 nitrogen and oxygen atoms in total. The SMILES string of the molecule is Cc1cccc(CNC(=O)C2CN(S(C)(=O)=O)c3ccccc3O2)c1. The number of hydrogen-bond donors (Lipinski definition) is 1. The summed E-state index contributed by atoms with van der Waals surface area (Å²) in [5, 5.41) is 2.81. The van der Waals surface area contributed by atoms with Crippen molar-refractivity contribution in [1.29, 1.82) is 0 Å². The van der Waals surface area contributed by atoms with E-state index in [0.717, 1.165) is 17.4 Å². The first-order valence-electron chi connectivity index (χ1n) is 7.91. The van der Waals surface area contributed by atoms with Crippen LogP contribution in [-0.2, 0) is 21.4 Å². The molecular weight excluding hydrogens is 340 g/mol. The lowest BCUT2D eigenvalue weighted by Crippen LogP contribution is -2.50. The molecule has 1 amide bonds. The van der Waals surface area contributed by atoms with E-state index in [2.05, 4.69) is 5.32 Å². The fraction of sp³-hybridized carbons (Fsp3) is 0.278. The smallest absolute Gasteiger partial charge is 0.263 e. The Kier molecular flexibility index (Phi) is 4.67. The third-order valence-corrected chi connectivity index (χ3v) is 5.12. The molecule has 1 atom stereocenters. The standard InChI is InChI=1S/C18H20N2O4S/c1-13-6-5-7-14(10-13)11-19-18(21)17-12-20(25(2,22)23)15-8-3-4-9-16(15)24-17/h3-10,17H,11-12H2,1-2H3,(H,19,21). The molecule has 132 valence electrons. The minimum Gasteiger partial charge on any atom is -0.476 e. The number of aryl methyl sites for hydroxylation is 1. The van der Waals surface area contributed by atoms with Crippen molar-refractivity contribution in [3.63, 3.8) is 0 Å². The van der Waals surface area contributed by atoms with E-state index in [1.807, 2.05) is 31.2 Å². The molecule has 2 aromatic rings. The Hall–Kier alpha value is -2.54. The van der Waals surface area contributed by atoms with Crippen LogP contribution in [0.5, 0.6) is 5.75 Å². The van der Waals surface area contributed by atoms with Crippen molar-refractivity contribution in [1.82, 2.24) is 5.32 Å². The van der Waals surface area contributed by atoms with Gasteiger partial charge < -0.3 is 10.1 Å². The lowest BCUT2D eigenvalue weighted by molar-refractivity contribution is -0.127. The number of ether oxygens (including phenoxy) is 1. The van der Waals surface area contributed by atoms with Crippen LogP contribution in [0.4, 0.5) is 5.69 Å². The largest absolute Gasteiger partial charge is 0.476 e. The van der Waals surface area contributed by atoms with Gasteiger partial charge >= 0.3 is 0 Å². The Morgan fingerprint density at radius 1 is 1.24 bits per heavy atom. The number of sulfonamides is 1. The summed E-state index contributed by atoms with van der Waals surface area (Å²) in [7, 11) is -3.51. The maximum atomic E-state index is 12.5. The van der Waals surface area contributed by atoms with Gasteiger partial charge in [0.1, 0.15) is 5.75 Å². The molecule has 0 aliphatic carbocycles. The fourth-order valence-electron chi connectivity index (χ4n) is 2.78. The molecule has 0 fully saturated rings. The van der Waals surface area contributed by atoms with E-state index < -0.39 is 16.1 Å². The molecule has 0 radical (unpaired) electrons. The van der Waals surface area contributed by atoms with Gasteiger partial charge in [-0.1, -0.05) is 42.0 Å². The van der Waals surface area contributed by atoms with Gasteiger partial charge in [0.2, 0.25) is 10.0 Å². The second kappa shape index (κ2) is 6.76. The van der Waals surface area contributed by atoms with Crippen molar-refractivity contribution < 1.29 is 17.9 Å². The summed E-state index contributed by atoms with van der Waals surface area (Å²) in [6.07, 6.45) is 0.228. The van der Waals surface area contributed by atoms with Crippen LogP contribution in [-0.4, -0.2) is 33.2 Å². The number of carbonyl (C=O) groups is 1. The Labute approximate surface area is 147 Å². The normalized spacial score (nSPS) is 16.7. The third-order valence-electron chi connectivity index (χ3n) is 3.98. The van der Waals surface area contributed by atoms with E-state index >= 15 is 0 Å². The van der Waals surface area contributed by atoms with Crippen LogP contribution in [0.3, 0.4) is 0 Å². The van der Waals surface area contributed by atoms with Gasteiger partial charge in [0.05, 0.1) is 18.5 Å². The van der Waals surface area contributed by atoms with Gasteiger partial charge in [-0.2, -0.15) is 0 Å². The number of fused-ring (bicyclic) bond motifs is 1. The number of amides is 1. The van der Waals surface area contributed by atoms with Crippen molar-refractivity contribution in [2.75, 3.05) is 17.1 Å². The van der Waals surface area contributed by atoms with E-state index in [4.69, 9.17) is 4.74 Å². The first kappa shape index (κ1) is 17.3. The second-order valence-electron chi connectivity index (χ2n) is 6.08. The van der Waals surface area contributed by atoms with Crippen LogP contribution in [0.1, 0.15) is 11.1 Å². The van der Waals surface area contributed by atoms with Gasteiger partial charge in [-0.25, -0.2) is 8.42 Å². The van der Waals surface area contributed by atoms with E-state index in [1.165, 1.54) is 4.31 Å². The summed E-state index contributed by atoms with van der Waals surface area (Å²) >= 11 is 0. The van der Waals surface area contributed by atoms with Crippen molar-refractivity contribution in [2.24, 2.45) is 0 Å². The average Bonchev–Trinajstić information content (AvgIpc) is 2.58. The zero-order chi connectivity index (χ0) is 18.0. The molecule has 7 heteroatoms. The van der Waals surface area contributed by atoms with Crippen LogP contribution < -0.4 is 14.4 Å². The van der Waals surface area contributed by atoms with Crippen LogP contribution in [0.15, 0.2) is 48.5 Å². The zero-order valence-electron chi connectivity index (χ0n) is 14.1. The van der Waals surface area contributed by atoms with Gasteiger partial charge in [-0.05, 0) is 24.6 Å². The predicted molar refractivity (Wildman–Crippen MR) is 96.1 cm³/mol. The first-order chi connectivity index (χ1) is 11.8. The van der Waals surface area contributed by atoms with Crippen LogP contribution in [0.25, 0.3) is 0 Å². The summed E-state index contributed by atoms with van der Waals surface area (Å²) in [6.45, 7) is 2.30. The molecule has 1 unspecified atom stereocenters. The molecule has 0 bridgehead atoms. The molecule has 3 rings (SSSR count). The number of anilines is 1. The lowest BCUT2D eigenvalue weighted by atomic mass is 10.1. The number of nitrogens with one attached hydrogen (secondary N) is 1. The molecule has 25 heavy (non-hydrogen) atoms. The molecule has 0 spiro atoms. The molecule has 1 aliphatic heterocycles. The Bertz CT molecular complexity index is 895. The minimum atomic E-state index is -3.51. The molecular formula is C18H20N2O4S. The highest BCUT2D eigenvalue weighted by atomic mass is 32.2. The van der Waals surface area contributed by atoms with Gasteiger partial charge in [0.25, 0.3) is 5.91 Å². The van der Waals surface area contributed by atoms with E-state index in [9.17, 15) is 13.2 Å². The number of hydrogen-bond acceptors (Lipinski definition) is 4. The number of carbonyl (C=O) groups excluding carboxylic acids is 1. The third kappa shape index (κ3) is 3.93. The van der Waals surface area contributed by atoms with Crippen LogP contribution in [0.2, 0.25) is 0 Å². The molecule has 0 saturated heterocycles.